The van der Waals surface area contributed by atoms with E-state index in [2.05, 4.69) is 21.2 Å². The first-order valence-electron chi connectivity index (χ1n) is 8.12. The Balaban J connectivity index is 1.79. The van der Waals surface area contributed by atoms with Gasteiger partial charge in [0, 0.05) is 17.6 Å². The number of carbonyl (C=O) groups excluding carboxylic acids is 2. The molecular weight excluding hydrogens is 431 g/mol. The molecule has 10 heteroatoms. The molecule has 1 heterocycles. The predicted molar refractivity (Wildman–Crippen MR) is 97.4 cm³/mol. The molecule has 0 radical (unpaired) electrons. The number of piperidine rings is 1. The van der Waals surface area contributed by atoms with Gasteiger partial charge in [0.1, 0.15) is 5.82 Å². The molecule has 1 aromatic carbocycles. The molecule has 144 valence electrons. The van der Waals surface area contributed by atoms with Crippen molar-refractivity contribution in [2.75, 3.05) is 30.8 Å². The summed E-state index contributed by atoms with van der Waals surface area (Å²) in [6.45, 7) is 1.56. The highest BCUT2D eigenvalue weighted by Gasteiger charge is 2.31. The van der Waals surface area contributed by atoms with Gasteiger partial charge in [-0.05, 0) is 38.0 Å². The molecule has 0 aliphatic carbocycles. The molecule has 1 amide bonds. The monoisotopic (exact) mass is 450 g/mol. The van der Waals surface area contributed by atoms with Gasteiger partial charge in [-0.2, -0.15) is 0 Å². The molecule has 1 fully saturated rings. The predicted octanol–water partition coefficient (Wildman–Crippen LogP) is 2.13. The minimum Gasteiger partial charge on any atom is -0.455 e. The molecular formula is C16H20BrFN2O5S. The van der Waals surface area contributed by atoms with Gasteiger partial charge in [-0.25, -0.2) is 17.1 Å². The lowest BCUT2D eigenvalue weighted by atomic mass is 9.98. The number of hydrogen-bond donors (Lipinski definition) is 1. The Hall–Kier alpha value is -1.52. The molecule has 0 saturated carbocycles. The Morgan fingerprint density at radius 2 is 2.00 bits per heavy atom. The lowest BCUT2D eigenvalue weighted by Crippen LogP contribution is -2.41. The molecule has 1 aliphatic rings. The zero-order valence-corrected chi connectivity index (χ0v) is 16.6. The smallest absolute Gasteiger partial charge is 0.309 e. The summed E-state index contributed by atoms with van der Waals surface area (Å²) < 4.78 is 44.1. The molecule has 26 heavy (non-hydrogen) atoms. The highest BCUT2D eigenvalue weighted by atomic mass is 79.9. The number of halogens is 2. The van der Waals surface area contributed by atoms with Crippen LogP contribution in [0.5, 0.6) is 0 Å². The van der Waals surface area contributed by atoms with Crippen LogP contribution in [-0.2, 0) is 24.3 Å². The number of benzene rings is 1. The number of anilines is 1. The fourth-order valence-corrected chi connectivity index (χ4v) is 4.05. The summed E-state index contributed by atoms with van der Waals surface area (Å²) in [5.74, 6) is -2.23. The van der Waals surface area contributed by atoms with Crippen molar-refractivity contribution in [2.45, 2.75) is 19.8 Å². The Morgan fingerprint density at radius 3 is 2.58 bits per heavy atom. The summed E-state index contributed by atoms with van der Waals surface area (Å²) in [7, 11) is -3.26. The SMILES string of the molecule is CCS(=O)(=O)N1CCC(C(=O)OCC(=O)Nc2ccc(Br)cc2F)CC1. The number of carbonyl (C=O) groups is 2. The molecule has 1 N–H and O–H groups in total. The maximum Gasteiger partial charge on any atom is 0.309 e. The third-order valence-electron chi connectivity index (χ3n) is 4.10. The highest BCUT2D eigenvalue weighted by molar-refractivity contribution is 9.10. The van der Waals surface area contributed by atoms with Crippen LogP contribution in [0.25, 0.3) is 0 Å². The van der Waals surface area contributed by atoms with Crippen LogP contribution in [-0.4, -0.2) is 50.0 Å². The number of amides is 1. The van der Waals surface area contributed by atoms with Crippen molar-refractivity contribution in [3.8, 4) is 0 Å². The average Bonchev–Trinajstić information content (AvgIpc) is 2.62. The first kappa shape index (κ1) is 20.8. The normalized spacial score (nSPS) is 16.3. The van der Waals surface area contributed by atoms with E-state index in [0.29, 0.717) is 17.3 Å². The van der Waals surface area contributed by atoms with E-state index in [1.165, 1.54) is 16.4 Å². The number of sulfonamides is 1. The number of esters is 1. The fraction of sp³-hybridized carbons (Fsp3) is 0.500. The van der Waals surface area contributed by atoms with Gasteiger partial charge in [-0.1, -0.05) is 15.9 Å². The van der Waals surface area contributed by atoms with Gasteiger partial charge >= 0.3 is 5.97 Å². The molecule has 0 unspecified atom stereocenters. The third kappa shape index (κ3) is 5.49. The van der Waals surface area contributed by atoms with E-state index >= 15 is 0 Å². The summed E-state index contributed by atoms with van der Waals surface area (Å²) in [6, 6.07) is 4.17. The molecule has 1 aromatic rings. The maximum absolute atomic E-state index is 13.7. The summed E-state index contributed by atoms with van der Waals surface area (Å²) >= 11 is 3.11. The largest absolute Gasteiger partial charge is 0.455 e. The van der Waals surface area contributed by atoms with E-state index in [9.17, 15) is 22.4 Å². The zero-order chi connectivity index (χ0) is 19.3. The fourth-order valence-electron chi connectivity index (χ4n) is 2.58. The van der Waals surface area contributed by atoms with Crippen molar-refractivity contribution in [1.29, 1.82) is 0 Å². The Kier molecular flexibility index (Phi) is 7.13. The van der Waals surface area contributed by atoms with Crippen LogP contribution >= 0.6 is 15.9 Å². The minimum atomic E-state index is -3.26. The standard InChI is InChI=1S/C16H20BrFN2O5S/c1-2-26(23,24)20-7-5-11(6-8-20)16(22)25-10-15(21)19-14-4-3-12(17)9-13(14)18/h3-4,9,11H,2,5-8,10H2,1H3,(H,19,21). The van der Waals surface area contributed by atoms with Crippen molar-refractivity contribution >= 4 is 43.5 Å². The summed E-state index contributed by atoms with van der Waals surface area (Å²) in [5, 5.41) is 2.33. The molecule has 1 saturated heterocycles. The van der Waals surface area contributed by atoms with E-state index in [4.69, 9.17) is 4.74 Å². The van der Waals surface area contributed by atoms with Gasteiger partial charge in [-0.3, -0.25) is 9.59 Å². The Morgan fingerprint density at radius 1 is 1.35 bits per heavy atom. The van der Waals surface area contributed by atoms with Crippen molar-refractivity contribution < 1.29 is 27.1 Å². The number of rotatable bonds is 6. The van der Waals surface area contributed by atoms with Crippen LogP contribution in [0.3, 0.4) is 0 Å². The highest BCUT2D eigenvalue weighted by Crippen LogP contribution is 2.22. The maximum atomic E-state index is 13.7. The molecule has 0 atom stereocenters. The molecule has 0 spiro atoms. The number of nitrogens with zero attached hydrogens (tertiary/aromatic N) is 1. The number of nitrogens with one attached hydrogen (secondary N) is 1. The first-order valence-corrected chi connectivity index (χ1v) is 10.5. The van der Waals surface area contributed by atoms with Gasteiger partial charge in [0.25, 0.3) is 5.91 Å². The third-order valence-corrected chi connectivity index (χ3v) is 6.47. The number of hydrogen-bond acceptors (Lipinski definition) is 5. The van der Waals surface area contributed by atoms with Gasteiger partial charge in [0.15, 0.2) is 6.61 Å². The number of ether oxygens (including phenoxy) is 1. The van der Waals surface area contributed by atoms with E-state index in [1.807, 2.05) is 0 Å². The molecule has 0 aromatic heterocycles. The lowest BCUT2D eigenvalue weighted by molar-refractivity contribution is -0.152. The minimum absolute atomic E-state index is 0.00710. The van der Waals surface area contributed by atoms with Crippen molar-refractivity contribution in [3.05, 3.63) is 28.5 Å². The lowest BCUT2D eigenvalue weighted by Gasteiger charge is -2.29. The van der Waals surface area contributed by atoms with Gasteiger partial charge in [0.2, 0.25) is 10.0 Å². The van der Waals surface area contributed by atoms with Crippen LogP contribution in [0.4, 0.5) is 10.1 Å². The van der Waals surface area contributed by atoms with Crippen molar-refractivity contribution in [3.63, 3.8) is 0 Å². The van der Waals surface area contributed by atoms with Gasteiger partial charge < -0.3 is 10.1 Å². The Bertz CT molecular complexity index is 779. The average molecular weight is 451 g/mol. The zero-order valence-electron chi connectivity index (χ0n) is 14.2. The molecule has 0 bridgehead atoms. The topological polar surface area (TPSA) is 92.8 Å². The summed E-state index contributed by atoms with van der Waals surface area (Å²) in [5.41, 5.74) is -0.00710. The quantitative estimate of drug-likeness (QED) is 0.670. The second-order valence-electron chi connectivity index (χ2n) is 5.85. The molecule has 7 nitrogen and oxygen atoms in total. The summed E-state index contributed by atoms with van der Waals surface area (Å²) in [4.78, 5) is 23.8. The molecule has 2 rings (SSSR count). The van der Waals surface area contributed by atoms with Crippen LogP contribution < -0.4 is 5.32 Å². The van der Waals surface area contributed by atoms with E-state index < -0.39 is 40.2 Å². The van der Waals surface area contributed by atoms with E-state index in [-0.39, 0.29) is 24.5 Å². The van der Waals surface area contributed by atoms with Crippen LogP contribution in [0.1, 0.15) is 19.8 Å². The van der Waals surface area contributed by atoms with Crippen LogP contribution in [0.2, 0.25) is 0 Å². The second-order valence-corrected chi connectivity index (χ2v) is 9.03. The van der Waals surface area contributed by atoms with Crippen LogP contribution in [0.15, 0.2) is 22.7 Å². The summed E-state index contributed by atoms with van der Waals surface area (Å²) in [6.07, 6.45) is 0.696. The van der Waals surface area contributed by atoms with E-state index in [0.717, 1.165) is 0 Å². The first-order chi connectivity index (χ1) is 12.2. The van der Waals surface area contributed by atoms with Crippen LogP contribution in [0, 0.1) is 11.7 Å². The van der Waals surface area contributed by atoms with Gasteiger partial charge in [-0.15, -0.1) is 0 Å². The second kappa shape index (κ2) is 8.92. The van der Waals surface area contributed by atoms with Crippen molar-refractivity contribution in [2.24, 2.45) is 5.92 Å². The Labute approximate surface area is 160 Å². The van der Waals surface area contributed by atoms with Gasteiger partial charge in [0.05, 0.1) is 17.4 Å². The van der Waals surface area contributed by atoms with E-state index in [1.54, 1.807) is 13.0 Å². The molecule has 1 aliphatic heterocycles. The van der Waals surface area contributed by atoms with Crippen molar-refractivity contribution in [1.82, 2.24) is 4.31 Å².